The van der Waals surface area contributed by atoms with E-state index in [0.717, 1.165) is 0 Å². The Hall–Kier alpha value is -1.18. The van der Waals surface area contributed by atoms with Gasteiger partial charge in [0.05, 0.1) is 0 Å². The number of carboxylic acid groups (broad SMARTS) is 2. The van der Waals surface area contributed by atoms with Crippen LogP contribution in [0.2, 0.25) is 0 Å². The molecule has 0 bridgehead atoms. The Balaban J connectivity index is 0. The summed E-state index contributed by atoms with van der Waals surface area (Å²) >= 11 is 0. The van der Waals surface area contributed by atoms with Crippen molar-refractivity contribution in [2.24, 2.45) is 5.73 Å². The van der Waals surface area contributed by atoms with Crippen LogP contribution in [-0.4, -0.2) is 58.5 Å². The van der Waals surface area contributed by atoms with Crippen molar-refractivity contribution in [3.63, 3.8) is 0 Å². The van der Waals surface area contributed by atoms with E-state index in [4.69, 9.17) is 21.1 Å². The van der Waals surface area contributed by atoms with Crippen LogP contribution in [-0.2, 0) is 9.59 Å². The fourth-order valence-electron chi connectivity index (χ4n) is 0.402. The lowest BCUT2D eigenvalue weighted by Gasteiger charge is -2.11. The van der Waals surface area contributed by atoms with Gasteiger partial charge < -0.3 is 21.1 Å². The Labute approximate surface area is 94.5 Å². The topological polar surface area (TPSA) is 124 Å². The molecule has 0 aromatic rings. The molecule has 7 nitrogen and oxygen atoms in total. The lowest BCUT2D eigenvalue weighted by Crippen LogP contribution is -2.30. The van der Waals surface area contributed by atoms with Crippen molar-refractivity contribution in [3.05, 3.63) is 0 Å². The molecular formula is C9H20N2O5. The second-order valence-corrected chi connectivity index (χ2v) is 3.47. The number of carboxylic acids is 2. The normalized spacial score (nSPS) is 13.6. The summed E-state index contributed by atoms with van der Waals surface area (Å²) in [5, 5.41) is 24.8. The molecule has 0 saturated carbocycles. The van der Waals surface area contributed by atoms with Crippen molar-refractivity contribution in [2.45, 2.75) is 32.0 Å². The van der Waals surface area contributed by atoms with Gasteiger partial charge in [0.25, 0.3) is 0 Å². The van der Waals surface area contributed by atoms with E-state index in [1.165, 1.54) is 0 Å². The van der Waals surface area contributed by atoms with Crippen LogP contribution >= 0.6 is 0 Å². The van der Waals surface area contributed by atoms with Crippen LogP contribution in [0.4, 0.5) is 0 Å². The minimum absolute atomic E-state index is 0.0231. The van der Waals surface area contributed by atoms with Crippen LogP contribution in [0.15, 0.2) is 0 Å². The minimum atomic E-state index is -1.17. The van der Waals surface area contributed by atoms with Gasteiger partial charge in [-0.1, -0.05) is 0 Å². The maximum absolute atomic E-state index is 9.99. The average molecular weight is 236 g/mol. The minimum Gasteiger partial charge on any atom is -0.481 e. The predicted molar refractivity (Wildman–Crippen MR) is 57.8 cm³/mol. The fourth-order valence-corrected chi connectivity index (χ4v) is 0.402. The second kappa shape index (κ2) is 9.08. The van der Waals surface area contributed by atoms with E-state index in [9.17, 15) is 9.59 Å². The molecule has 0 aromatic carbocycles. The van der Waals surface area contributed by atoms with Crippen LogP contribution < -0.4 is 5.73 Å². The number of nitrogens with zero attached hydrogens (tertiary/aromatic N) is 1. The number of hydrogen-bond acceptors (Lipinski definition) is 5. The zero-order valence-electron chi connectivity index (χ0n) is 9.75. The van der Waals surface area contributed by atoms with Crippen molar-refractivity contribution in [2.75, 3.05) is 14.1 Å². The maximum Gasteiger partial charge on any atom is 0.320 e. The summed E-state index contributed by atoms with van der Waals surface area (Å²) in [5.74, 6) is -2.20. The molecule has 96 valence electrons. The van der Waals surface area contributed by atoms with Crippen LogP contribution in [0.25, 0.3) is 0 Å². The van der Waals surface area contributed by atoms with Gasteiger partial charge in [-0.2, -0.15) is 0 Å². The number of rotatable bonds is 5. The molecule has 0 aliphatic rings. The number of aliphatic hydroxyl groups is 1. The van der Waals surface area contributed by atoms with Gasteiger partial charge in [0.2, 0.25) is 0 Å². The van der Waals surface area contributed by atoms with Crippen LogP contribution in [0.5, 0.6) is 0 Å². The van der Waals surface area contributed by atoms with E-state index >= 15 is 0 Å². The van der Waals surface area contributed by atoms with E-state index in [1.54, 1.807) is 11.8 Å². The van der Waals surface area contributed by atoms with Gasteiger partial charge in [-0.05, 0) is 27.4 Å². The average Bonchev–Trinajstić information content (AvgIpc) is 2.14. The van der Waals surface area contributed by atoms with E-state index in [-0.39, 0.29) is 19.1 Å². The molecule has 16 heavy (non-hydrogen) atoms. The van der Waals surface area contributed by atoms with Crippen LogP contribution in [0.1, 0.15) is 19.8 Å². The Morgan fingerprint density at radius 3 is 1.88 bits per heavy atom. The highest BCUT2D eigenvalue weighted by atomic mass is 16.4. The molecule has 0 aliphatic heterocycles. The molecule has 0 aliphatic carbocycles. The zero-order chi connectivity index (χ0) is 13.3. The van der Waals surface area contributed by atoms with Crippen molar-refractivity contribution < 1.29 is 24.9 Å². The van der Waals surface area contributed by atoms with E-state index in [0.29, 0.717) is 0 Å². The molecule has 0 amide bonds. The lowest BCUT2D eigenvalue weighted by molar-refractivity contribution is -0.139. The monoisotopic (exact) mass is 236 g/mol. The van der Waals surface area contributed by atoms with Gasteiger partial charge in [0.1, 0.15) is 12.3 Å². The van der Waals surface area contributed by atoms with Crippen molar-refractivity contribution in [1.29, 1.82) is 0 Å². The van der Waals surface area contributed by atoms with Crippen molar-refractivity contribution >= 4 is 11.9 Å². The molecule has 0 aromatic heterocycles. The van der Waals surface area contributed by atoms with E-state index in [2.05, 4.69) is 0 Å². The Morgan fingerprint density at radius 1 is 1.31 bits per heavy atom. The highest BCUT2D eigenvalue weighted by Crippen LogP contribution is 1.93. The largest absolute Gasteiger partial charge is 0.481 e. The molecule has 0 radical (unpaired) electrons. The number of nitrogens with two attached hydrogens (primary N) is 1. The molecule has 7 heteroatoms. The summed E-state index contributed by atoms with van der Waals surface area (Å²) in [6.07, 6.45) is -0.539. The molecule has 0 rings (SSSR count). The first-order chi connectivity index (χ1) is 7.18. The molecular weight excluding hydrogens is 216 g/mol. The quantitative estimate of drug-likeness (QED) is 0.458. The summed E-state index contributed by atoms with van der Waals surface area (Å²) in [4.78, 5) is 21.6. The van der Waals surface area contributed by atoms with Crippen LogP contribution in [0, 0.1) is 0 Å². The lowest BCUT2D eigenvalue weighted by atomic mass is 10.2. The molecule has 0 saturated heterocycles. The maximum atomic E-state index is 9.99. The van der Waals surface area contributed by atoms with Gasteiger partial charge >= 0.3 is 11.9 Å². The Kier molecular flexibility index (Phi) is 9.77. The molecule has 2 unspecified atom stereocenters. The van der Waals surface area contributed by atoms with E-state index in [1.807, 2.05) is 14.1 Å². The highest BCUT2D eigenvalue weighted by molar-refractivity contribution is 5.74. The third kappa shape index (κ3) is 12.8. The first kappa shape index (κ1) is 17.2. The van der Waals surface area contributed by atoms with Crippen molar-refractivity contribution in [3.8, 4) is 0 Å². The number of aliphatic carboxylic acids is 2. The first-order valence-electron chi connectivity index (χ1n) is 4.73. The molecule has 2 atom stereocenters. The smallest absolute Gasteiger partial charge is 0.320 e. The fraction of sp³-hybridized carbons (Fsp3) is 0.778. The first-order valence-corrected chi connectivity index (χ1v) is 4.73. The van der Waals surface area contributed by atoms with Gasteiger partial charge in [0, 0.05) is 6.42 Å². The summed E-state index contributed by atoms with van der Waals surface area (Å²) in [5.41, 5.74) is 5.00. The van der Waals surface area contributed by atoms with Gasteiger partial charge in [0.15, 0.2) is 0 Å². The zero-order valence-corrected chi connectivity index (χ0v) is 9.75. The Morgan fingerprint density at radius 2 is 1.69 bits per heavy atom. The summed E-state index contributed by atoms with van der Waals surface area (Å²) in [6.45, 7) is 1.72. The van der Waals surface area contributed by atoms with Gasteiger partial charge in [-0.3, -0.25) is 14.5 Å². The summed E-state index contributed by atoms with van der Waals surface area (Å²) < 4.78 is 0. The SMILES string of the molecule is CC(O)N(C)C.NC(CCC(=O)O)C(=O)O. The second-order valence-electron chi connectivity index (χ2n) is 3.47. The highest BCUT2D eigenvalue weighted by Gasteiger charge is 2.12. The number of aliphatic hydroxyl groups excluding tert-OH is 1. The standard InChI is InChI=1S/C5H9NO4.C4H11NO/c6-3(5(9)10)1-2-4(7)8;1-4(6)5(2)3/h3H,1-2,6H2,(H,7,8)(H,9,10);4,6H,1-3H3. The van der Waals surface area contributed by atoms with E-state index < -0.39 is 18.0 Å². The number of carbonyl (C=O) groups is 2. The predicted octanol–water partition coefficient (Wildman–Crippen LogP) is -0.851. The summed E-state index contributed by atoms with van der Waals surface area (Å²) in [6, 6.07) is -1.06. The molecule has 0 spiro atoms. The van der Waals surface area contributed by atoms with Gasteiger partial charge in [-0.25, -0.2) is 0 Å². The summed E-state index contributed by atoms with van der Waals surface area (Å²) in [7, 11) is 3.65. The third-order valence-electron chi connectivity index (χ3n) is 1.73. The van der Waals surface area contributed by atoms with Crippen LogP contribution in [0.3, 0.4) is 0 Å². The molecule has 0 fully saturated rings. The molecule has 5 N–H and O–H groups in total. The van der Waals surface area contributed by atoms with Gasteiger partial charge in [-0.15, -0.1) is 0 Å². The molecule has 0 heterocycles. The number of hydrogen-bond donors (Lipinski definition) is 4. The van der Waals surface area contributed by atoms with Crippen molar-refractivity contribution in [1.82, 2.24) is 4.90 Å². The Bertz CT molecular complexity index is 212. The third-order valence-corrected chi connectivity index (χ3v) is 1.73.